The van der Waals surface area contributed by atoms with Crippen LogP contribution in [-0.2, 0) is 0 Å². The van der Waals surface area contributed by atoms with E-state index in [0.29, 0.717) is 0 Å². The van der Waals surface area contributed by atoms with E-state index in [1.807, 2.05) is 0 Å². The van der Waals surface area contributed by atoms with Crippen LogP contribution in [0.2, 0.25) is 0 Å². The zero-order valence-corrected chi connectivity index (χ0v) is 21.9. The summed E-state index contributed by atoms with van der Waals surface area (Å²) in [5, 5.41) is 11.2. The zero-order chi connectivity index (χ0) is 25.1. The van der Waals surface area contributed by atoms with Gasteiger partial charge in [-0.15, -0.1) is 0 Å². The summed E-state index contributed by atoms with van der Waals surface area (Å²) in [6, 6.07) is 44.8. The molecule has 1 aliphatic carbocycles. The van der Waals surface area contributed by atoms with Gasteiger partial charge in [-0.25, -0.2) is 0 Å². The normalized spacial score (nSPS) is 13.4. The molecule has 7 aromatic rings. The lowest BCUT2D eigenvalue weighted by molar-refractivity contribution is 1.02. The molecule has 8 rings (SSSR count). The molecule has 1 aliphatic rings. The van der Waals surface area contributed by atoms with Crippen LogP contribution in [0, 0.1) is 0 Å². The van der Waals surface area contributed by atoms with Crippen LogP contribution in [0.25, 0.3) is 66.2 Å². The average Bonchev–Trinajstić information content (AvgIpc) is 3.51. The van der Waals surface area contributed by atoms with E-state index in [1.54, 1.807) is 0 Å². The predicted octanol–water partition coefficient (Wildman–Crippen LogP) is 8.93. The number of fused-ring (bicyclic) bond motifs is 6. The minimum atomic E-state index is -0.581. The van der Waals surface area contributed by atoms with Crippen LogP contribution in [-0.4, -0.2) is 4.57 Å². The Balaban J connectivity index is 1.52. The molecule has 1 nitrogen and oxygen atoms in total. The van der Waals surface area contributed by atoms with Crippen molar-refractivity contribution in [2.75, 3.05) is 0 Å². The first-order chi connectivity index (χ1) is 18.9. The van der Waals surface area contributed by atoms with Crippen molar-refractivity contribution >= 4 is 51.6 Å². The number of aromatic nitrogens is 1. The Morgan fingerprint density at radius 3 is 2.03 bits per heavy atom. The first kappa shape index (κ1) is 21.7. The van der Waals surface area contributed by atoms with Gasteiger partial charge in [-0.3, -0.25) is 0 Å². The van der Waals surface area contributed by atoms with Gasteiger partial charge < -0.3 is 4.57 Å². The van der Waals surface area contributed by atoms with Gasteiger partial charge in [-0.1, -0.05) is 117 Å². The largest absolute Gasteiger partial charge is 0.310 e. The molecule has 0 N–H and O–H groups in total. The van der Waals surface area contributed by atoms with Crippen molar-refractivity contribution in [3.8, 4) is 22.1 Å². The summed E-state index contributed by atoms with van der Waals surface area (Å²) in [4.78, 5) is 0. The summed E-state index contributed by atoms with van der Waals surface area (Å²) in [5.74, 6) is 0. The highest BCUT2D eigenvalue weighted by Crippen LogP contribution is 2.56. The topological polar surface area (TPSA) is 4.93 Å². The molecule has 1 unspecified atom stereocenters. The number of rotatable bonds is 3. The number of para-hydroxylation sites is 1. The maximum Gasteiger partial charge on any atom is 0.0547 e. The van der Waals surface area contributed by atoms with Crippen LogP contribution in [0.5, 0.6) is 0 Å². The maximum atomic E-state index is 2.46. The second kappa shape index (κ2) is 8.62. The Bertz CT molecular complexity index is 2110. The molecule has 2 heteroatoms. The van der Waals surface area contributed by atoms with Gasteiger partial charge in [-0.05, 0) is 58.9 Å². The van der Waals surface area contributed by atoms with Crippen molar-refractivity contribution in [1.29, 1.82) is 0 Å². The van der Waals surface area contributed by atoms with Gasteiger partial charge in [0.15, 0.2) is 0 Å². The summed E-state index contributed by atoms with van der Waals surface area (Å²) >= 11 is 0. The molecule has 0 aliphatic heterocycles. The highest BCUT2D eigenvalue weighted by atomic mass is 31.1. The van der Waals surface area contributed by atoms with E-state index in [0.717, 1.165) is 12.8 Å². The predicted molar refractivity (Wildman–Crippen MR) is 165 cm³/mol. The third-order valence-electron chi connectivity index (χ3n) is 7.94. The van der Waals surface area contributed by atoms with Crippen molar-refractivity contribution in [1.82, 2.24) is 4.57 Å². The van der Waals surface area contributed by atoms with Gasteiger partial charge in [0, 0.05) is 37.3 Å². The summed E-state index contributed by atoms with van der Waals surface area (Å²) in [6.07, 6.45) is 7.05. The minimum absolute atomic E-state index is 0.581. The Morgan fingerprint density at radius 2 is 1.18 bits per heavy atom. The van der Waals surface area contributed by atoms with Crippen molar-refractivity contribution in [3.63, 3.8) is 0 Å². The van der Waals surface area contributed by atoms with Crippen molar-refractivity contribution in [2.45, 2.75) is 12.8 Å². The molecule has 0 spiro atoms. The second-order valence-electron chi connectivity index (χ2n) is 10.0. The first-order valence-electron chi connectivity index (χ1n) is 13.4. The smallest absolute Gasteiger partial charge is 0.0547 e. The molecular formula is C36H26NP. The summed E-state index contributed by atoms with van der Waals surface area (Å²) < 4.78 is 2.46. The van der Waals surface area contributed by atoms with Gasteiger partial charge in [-0.2, -0.15) is 0 Å². The zero-order valence-electron chi connectivity index (χ0n) is 21.0. The van der Waals surface area contributed by atoms with Crippen molar-refractivity contribution in [3.05, 3.63) is 132 Å². The molecule has 0 amide bonds. The Hall–Kier alpha value is -4.32. The standard InChI is InChI=1S/C36H26NP/c1-3-13-25(14-4-1)37-31-21-9-7-17-29(31)35-27(19-11-22-32(35)37)28-20-12-24-34-36(28)30-18-8-10-23-33(30)38(34)26-15-5-2-6-16-26/h1-6,8,10-24H,7,9H2. The maximum absolute atomic E-state index is 2.46. The molecule has 0 bridgehead atoms. The molecule has 0 saturated heterocycles. The van der Waals surface area contributed by atoms with Crippen LogP contribution in [0.3, 0.4) is 0 Å². The molecule has 2 heterocycles. The lowest BCUT2D eigenvalue weighted by Crippen LogP contribution is -2.30. The molecule has 1 atom stereocenters. The lowest BCUT2D eigenvalue weighted by atomic mass is 9.95. The molecule has 38 heavy (non-hydrogen) atoms. The number of hydrogen-bond acceptors (Lipinski definition) is 0. The number of hydrogen-bond donors (Lipinski definition) is 0. The SMILES string of the molecule is C1=c2c(n(-c3ccccc3)c3cccc(-c4cccc5c4c4ccccc4p5-c4ccccc4)c23)=CCC1. The second-order valence-corrected chi connectivity index (χ2v) is 12.2. The summed E-state index contributed by atoms with van der Waals surface area (Å²) in [5.41, 5.74) is 5.17. The van der Waals surface area contributed by atoms with E-state index < -0.39 is 7.53 Å². The Morgan fingerprint density at radius 1 is 0.526 bits per heavy atom. The van der Waals surface area contributed by atoms with E-state index in [-0.39, 0.29) is 0 Å². The third kappa shape index (κ3) is 3.13. The first-order valence-corrected chi connectivity index (χ1v) is 14.7. The molecule has 0 saturated carbocycles. The fraction of sp³-hybridized carbons (Fsp3) is 0.0556. The van der Waals surface area contributed by atoms with E-state index in [1.165, 1.54) is 64.6 Å². The number of benzene rings is 5. The third-order valence-corrected chi connectivity index (χ3v) is 10.5. The molecule has 0 radical (unpaired) electrons. The fourth-order valence-electron chi connectivity index (χ4n) is 6.42. The number of nitrogens with zero attached hydrogens (tertiary/aromatic N) is 1. The van der Waals surface area contributed by atoms with Gasteiger partial charge in [0.25, 0.3) is 0 Å². The van der Waals surface area contributed by atoms with E-state index in [4.69, 9.17) is 0 Å². The highest BCUT2D eigenvalue weighted by molar-refractivity contribution is 7.68. The van der Waals surface area contributed by atoms with Gasteiger partial charge in [0.05, 0.1) is 5.52 Å². The van der Waals surface area contributed by atoms with Gasteiger partial charge in [0.1, 0.15) is 0 Å². The quantitative estimate of drug-likeness (QED) is 0.227. The molecule has 5 aromatic carbocycles. The molecule has 0 fully saturated rings. The Kier molecular flexibility index (Phi) is 4.93. The van der Waals surface area contributed by atoms with Crippen LogP contribution in [0.1, 0.15) is 12.8 Å². The van der Waals surface area contributed by atoms with Gasteiger partial charge >= 0.3 is 0 Å². The van der Waals surface area contributed by atoms with Gasteiger partial charge in [0.2, 0.25) is 0 Å². The van der Waals surface area contributed by atoms with Crippen molar-refractivity contribution in [2.24, 2.45) is 0 Å². The van der Waals surface area contributed by atoms with Crippen LogP contribution >= 0.6 is 7.53 Å². The van der Waals surface area contributed by atoms with Crippen LogP contribution < -0.4 is 10.6 Å². The summed E-state index contributed by atoms with van der Waals surface area (Å²) in [7, 11) is -0.581. The Labute approximate surface area is 222 Å². The van der Waals surface area contributed by atoms with Crippen LogP contribution in [0.4, 0.5) is 0 Å². The van der Waals surface area contributed by atoms with E-state index in [9.17, 15) is 0 Å². The minimum Gasteiger partial charge on any atom is -0.310 e. The van der Waals surface area contributed by atoms with E-state index in [2.05, 4.69) is 138 Å². The lowest BCUT2D eigenvalue weighted by Gasteiger charge is -2.10. The fourth-order valence-corrected chi connectivity index (χ4v) is 9.07. The molecular weight excluding hydrogens is 477 g/mol. The molecule has 2 aromatic heterocycles. The average molecular weight is 504 g/mol. The molecule has 180 valence electrons. The van der Waals surface area contributed by atoms with E-state index >= 15 is 0 Å². The monoisotopic (exact) mass is 503 g/mol. The van der Waals surface area contributed by atoms with Crippen LogP contribution in [0.15, 0.2) is 121 Å². The highest BCUT2D eigenvalue weighted by Gasteiger charge is 2.20. The summed E-state index contributed by atoms with van der Waals surface area (Å²) in [6.45, 7) is 0. The van der Waals surface area contributed by atoms with Crippen molar-refractivity contribution < 1.29 is 0 Å².